The molecule has 0 bridgehead atoms. The maximum absolute atomic E-state index is 13.7. The summed E-state index contributed by atoms with van der Waals surface area (Å²) in [6, 6.07) is 21.9. The van der Waals surface area contributed by atoms with E-state index in [9.17, 15) is 14.0 Å². The number of likely N-dealkylation sites (N-methyl/N-ethyl adjacent to an activating group) is 1. The van der Waals surface area contributed by atoms with E-state index in [1.165, 1.54) is 23.9 Å². The van der Waals surface area contributed by atoms with Gasteiger partial charge in [-0.15, -0.1) is 11.8 Å². The lowest BCUT2D eigenvalue weighted by Crippen LogP contribution is -2.34. The number of nitrogens with zero attached hydrogens (tertiary/aromatic N) is 2. The summed E-state index contributed by atoms with van der Waals surface area (Å²) in [6.45, 7) is 0.296. The summed E-state index contributed by atoms with van der Waals surface area (Å²) in [5.74, 6) is -0.734. The van der Waals surface area contributed by atoms with E-state index in [2.05, 4.69) is 10.6 Å². The molecule has 3 aromatic carbocycles. The van der Waals surface area contributed by atoms with Crippen LogP contribution in [-0.4, -0.2) is 43.1 Å². The summed E-state index contributed by atoms with van der Waals surface area (Å²) < 4.78 is 13.7. The van der Waals surface area contributed by atoms with E-state index in [0.717, 1.165) is 5.56 Å². The first kappa shape index (κ1) is 25.0. The maximum atomic E-state index is 13.7. The number of thioether (sulfide) groups is 1. The molecule has 0 saturated heterocycles. The number of anilines is 1. The van der Waals surface area contributed by atoms with Crippen LogP contribution in [0.2, 0.25) is 0 Å². The predicted octanol–water partition coefficient (Wildman–Crippen LogP) is 4.46. The molecule has 0 spiro atoms. The van der Waals surface area contributed by atoms with E-state index in [-0.39, 0.29) is 29.4 Å². The lowest BCUT2D eigenvalue weighted by Gasteiger charge is -2.25. The van der Waals surface area contributed by atoms with Gasteiger partial charge in [0.2, 0.25) is 5.91 Å². The highest BCUT2D eigenvalue weighted by Gasteiger charge is 2.18. The summed E-state index contributed by atoms with van der Waals surface area (Å²) in [4.78, 5) is 27.9. The van der Waals surface area contributed by atoms with Gasteiger partial charge in [-0.2, -0.15) is 5.26 Å². The Morgan fingerprint density at radius 3 is 2.56 bits per heavy atom. The third-order valence-electron chi connectivity index (χ3n) is 5.08. The van der Waals surface area contributed by atoms with Crippen molar-refractivity contribution in [1.29, 1.82) is 5.26 Å². The second-order valence-electron chi connectivity index (χ2n) is 7.77. The summed E-state index contributed by atoms with van der Waals surface area (Å²) >= 11 is 1.25. The van der Waals surface area contributed by atoms with Crippen LogP contribution in [-0.2, 0) is 4.79 Å². The Labute approximate surface area is 202 Å². The first-order valence-corrected chi connectivity index (χ1v) is 11.6. The van der Waals surface area contributed by atoms with Crippen molar-refractivity contribution >= 4 is 29.3 Å². The number of hydrogen-bond donors (Lipinski definition) is 2. The van der Waals surface area contributed by atoms with Crippen molar-refractivity contribution in [2.45, 2.75) is 10.9 Å². The van der Waals surface area contributed by atoms with E-state index < -0.39 is 0 Å². The Kier molecular flexibility index (Phi) is 8.79. The van der Waals surface area contributed by atoms with Crippen molar-refractivity contribution in [2.24, 2.45) is 0 Å². The maximum Gasteiger partial charge on any atom is 0.252 e. The van der Waals surface area contributed by atoms with E-state index in [4.69, 9.17) is 5.26 Å². The van der Waals surface area contributed by atoms with Gasteiger partial charge in [0, 0.05) is 17.1 Å². The largest absolute Gasteiger partial charge is 0.350 e. The standard InChI is InChI=1S/C26H25FN4O2S/c1-31(2)23(19-8-6-9-20(27)14-19)16-29-26(33)22-11-3-4-12-24(22)34-17-25(32)30-21-10-5-7-18(13-21)15-28/h3-14,23H,16-17H2,1-2H3,(H,29,33)(H,30,32). The molecular formula is C26H25FN4O2S. The van der Waals surface area contributed by atoms with Crippen LogP contribution < -0.4 is 10.6 Å². The number of carbonyl (C=O) groups is 2. The van der Waals surface area contributed by atoms with Crippen LogP contribution in [0.15, 0.2) is 77.7 Å². The number of amides is 2. The topological polar surface area (TPSA) is 85.2 Å². The molecule has 34 heavy (non-hydrogen) atoms. The zero-order chi connectivity index (χ0) is 24.5. The lowest BCUT2D eigenvalue weighted by molar-refractivity contribution is -0.113. The fourth-order valence-corrected chi connectivity index (χ4v) is 4.23. The normalized spacial score (nSPS) is 11.5. The number of nitrogens with one attached hydrogen (secondary N) is 2. The van der Waals surface area contributed by atoms with Crippen molar-refractivity contribution in [3.8, 4) is 6.07 Å². The van der Waals surface area contributed by atoms with Gasteiger partial charge in [-0.05, 0) is 62.1 Å². The van der Waals surface area contributed by atoms with Crippen LogP contribution in [0.5, 0.6) is 0 Å². The molecule has 0 aromatic heterocycles. The van der Waals surface area contributed by atoms with E-state index in [0.29, 0.717) is 28.3 Å². The van der Waals surface area contributed by atoms with Gasteiger partial charge in [0.15, 0.2) is 0 Å². The Morgan fingerprint density at radius 2 is 1.82 bits per heavy atom. The highest BCUT2D eigenvalue weighted by atomic mass is 32.2. The molecule has 0 saturated carbocycles. The minimum Gasteiger partial charge on any atom is -0.350 e. The van der Waals surface area contributed by atoms with Crippen molar-refractivity contribution in [2.75, 3.05) is 31.7 Å². The van der Waals surface area contributed by atoms with Crippen LogP contribution in [0, 0.1) is 17.1 Å². The van der Waals surface area contributed by atoms with Gasteiger partial charge in [0.1, 0.15) is 5.82 Å². The Bertz CT molecular complexity index is 1210. The molecule has 0 radical (unpaired) electrons. The summed E-state index contributed by atoms with van der Waals surface area (Å²) in [5, 5.41) is 14.7. The average Bonchev–Trinajstić information content (AvgIpc) is 2.83. The molecule has 0 heterocycles. The molecule has 1 atom stereocenters. The molecule has 8 heteroatoms. The molecule has 2 amide bonds. The van der Waals surface area contributed by atoms with E-state index in [1.807, 2.05) is 37.2 Å². The Balaban J connectivity index is 1.63. The molecule has 3 rings (SSSR count). The molecule has 6 nitrogen and oxygen atoms in total. The average molecular weight is 477 g/mol. The molecule has 1 unspecified atom stereocenters. The van der Waals surface area contributed by atoms with Gasteiger partial charge < -0.3 is 15.5 Å². The van der Waals surface area contributed by atoms with Crippen LogP contribution in [0.25, 0.3) is 0 Å². The summed E-state index contributed by atoms with van der Waals surface area (Å²) in [5.41, 5.74) is 2.23. The summed E-state index contributed by atoms with van der Waals surface area (Å²) in [6.07, 6.45) is 0. The smallest absolute Gasteiger partial charge is 0.252 e. The second kappa shape index (κ2) is 12.0. The molecule has 2 N–H and O–H groups in total. The van der Waals surface area contributed by atoms with Crippen molar-refractivity contribution < 1.29 is 14.0 Å². The minimum absolute atomic E-state index is 0.102. The molecule has 0 fully saturated rings. The van der Waals surface area contributed by atoms with Gasteiger partial charge >= 0.3 is 0 Å². The third kappa shape index (κ3) is 6.91. The van der Waals surface area contributed by atoms with Crippen LogP contribution in [0.3, 0.4) is 0 Å². The van der Waals surface area contributed by atoms with Crippen LogP contribution in [0.1, 0.15) is 27.5 Å². The zero-order valence-corrected chi connectivity index (χ0v) is 19.7. The van der Waals surface area contributed by atoms with Crippen LogP contribution in [0.4, 0.5) is 10.1 Å². The van der Waals surface area contributed by atoms with Crippen molar-refractivity contribution in [3.05, 3.63) is 95.3 Å². The number of carbonyl (C=O) groups excluding carboxylic acids is 2. The molecule has 0 aliphatic rings. The van der Waals surface area contributed by atoms with Gasteiger partial charge in [0.25, 0.3) is 5.91 Å². The Hall–Kier alpha value is -3.67. The van der Waals surface area contributed by atoms with E-state index >= 15 is 0 Å². The highest BCUT2D eigenvalue weighted by Crippen LogP contribution is 2.24. The number of halogens is 1. The molecule has 0 aliphatic carbocycles. The van der Waals surface area contributed by atoms with Gasteiger partial charge in [0.05, 0.1) is 29.0 Å². The molecular weight excluding hydrogens is 451 g/mol. The monoisotopic (exact) mass is 476 g/mol. The third-order valence-corrected chi connectivity index (χ3v) is 6.15. The number of hydrogen-bond acceptors (Lipinski definition) is 5. The summed E-state index contributed by atoms with van der Waals surface area (Å²) in [7, 11) is 3.74. The van der Waals surface area contributed by atoms with Gasteiger partial charge in [-0.25, -0.2) is 4.39 Å². The number of benzene rings is 3. The van der Waals surface area contributed by atoms with Crippen molar-refractivity contribution in [1.82, 2.24) is 10.2 Å². The second-order valence-corrected chi connectivity index (χ2v) is 8.79. The first-order chi connectivity index (χ1) is 16.4. The zero-order valence-electron chi connectivity index (χ0n) is 18.9. The van der Waals surface area contributed by atoms with Gasteiger partial charge in [-0.3, -0.25) is 9.59 Å². The van der Waals surface area contributed by atoms with Crippen molar-refractivity contribution in [3.63, 3.8) is 0 Å². The SMILES string of the molecule is CN(C)C(CNC(=O)c1ccccc1SCC(=O)Nc1cccc(C#N)c1)c1cccc(F)c1. The molecule has 3 aromatic rings. The van der Waals surface area contributed by atoms with Gasteiger partial charge in [-0.1, -0.05) is 30.3 Å². The lowest BCUT2D eigenvalue weighted by atomic mass is 10.1. The predicted molar refractivity (Wildman–Crippen MR) is 132 cm³/mol. The first-order valence-electron chi connectivity index (χ1n) is 10.6. The fraction of sp³-hybridized carbons (Fsp3) is 0.192. The minimum atomic E-state index is -0.324. The molecule has 174 valence electrons. The number of rotatable bonds is 9. The van der Waals surface area contributed by atoms with E-state index in [1.54, 1.807) is 48.5 Å². The quantitative estimate of drug-likeness (QED) is 0.446. The molecule has 0 aliphatic heterocycles. The fourth-order valence-electron chi connectivity index (χ4n) is 3.38. The van der Waals surface area contributed by atoms with Crippen LogP contribution >= 0.6 is 11.8 Å². The highest BCUT2D eigenvalue weighted by molar-refractivity contribution is 8.00. The number of nitriles is 1. The Morgan fingerprint density at radius 1 is 1.06 bits per heavy atom.